The first-order chi connectivity index (χ1) is 12.6. The lowest BCUT2D eigenvalue weighted by Gasteiger charge is -2.16. The maximum atomic E-state index is 12.4. The SMILES string of the molecule is COc1ccc(CCC(=O)Nc2cc(S(=O)(=O)N(C)C)cc(C)c2C)cc1. The Morgan fingerprint density at radius 3 is 2.30 bits per heavy atom. The Bertz CT molecular complexity index is 920. The lowest BCUT2D eigenvalue weighted by atomic mass is 10.1. The summed E-state index contributed by atoms with van der Waals surface area (Å²) in [7, 11) is 1.01. The van der Waals surface area contributed by atoms with E-state index in [1.165, 1.54) is 20.2 Å². The van der Waals surface area contributed by atoms with Crippen LogP contribution in [0.15, 0.2) is 41.3 Å². The fourth-order valence-electron chi connectivity index (χ4n) is 2.58. The van der Waals surface area contributed by atoms with Crippen LogP contribution in [0.2, 0.25) is 0 Å². The zero-order valence-corrected chi connectivity index (χ0v) is 17.2. The number of hydrogen-bond acceptors (Lipinski definition) is 4. The summed E-state index contributed by atoms with van der Waals surface area (Å²) in [6.07, 6.45) is 0.888. The molecule has 0 aliphatic rings. The van der Waals surface area contributed by atoms with E-state index >= 15 is 0 Å². The van der Waals surface area contributed by atoms with Crippen molar-refractivity contribution < 1.29 is 17.9 Å². The van der Waals surface area contributed by atoms with Gasteiger partial charge in [-0.1, -0.05) is 12.1 Å². The van der Waals surface area contributed by atoms with Gasteiger partial charge in [0.25, 0.3) is 0 Å². The predicted molar refractivity (Wildman–Crippen MR) is 107 cm³/mol. The molecule has 0 bridgehead atoms. The van der Waals surface area contributed by atoms with Crippen molar-refractivity contribution in [1.82, 2.24) is 4.31 Å². The zero-order chi connectivity index (χ0) is 20.2. The molecule has 1 amide bonds. The van der Waals surface area contributed by atoms with E-state index in [9.17, 15) is 13.2 Å². The number of nitrogens with one attached hydrogen (secondary N) is 1. The first kappa shape index (κ1) is 20.9. The van der Waals surface area contributed by atoms with Gasteiger partial charge in [-0.2, -0.15) is 0 Å². The summed E-state index contributed by atoms with van der Waals surface area (Å²) in [5.41, 5.74) is 3.21. The van der Waals surface area contributed by atoms with Crippen LogP contribution in [0, 0.1) is 13.8 Å². The minimum atomic E-state index is -3.57. The highest BCUT2D eigenvalue weighted by atomic mass is 32.2. The normalized spacial score (nSPS) is 11.5. The summed E-state index contributed by atoms with van der Waals surface area (Å²) in [4.78, 5) is 12.5. The number of methoxy groups -OCH3 is 1. The van der Waals surface area contributed by atoms with Crippen molar-refractivity contribution in [2.24, 2.45) is 0 Å². The molecule has 0 aliphatic carbocycles. The highest BCUT2D eigenvalue weighted by Gasteiger charge is 2.20. The monoisotopic (exact) mass is 390 g/mol. The number of benzene rings is 2. The number of carbonyl (C=O) groups is 1. The van der Waals surface area contributed by atoms with Crippen molar-refractivity contribution in [3.63, 3.8) is 0 Å². The highest BCUT2D eigenvalue weighted by molar-refractivity contribution is 7.89. The van der Waals surface area contributed by atoms with E-state index in [1.807, 2.05) is 38.1 Å². The Hall–Kier alpha value is -2.38. The molecule has 0 saturated heterocycles. The number of nitrogens with zero attached hydrogens (tertiary/aromatic N) is 1. The molecule has 0 heterocycles. The summed E-state index contributed by atoms with van der Waals surface area (Å²) in [5.74, 6) is 0.612. The summed E-state index contributed by atoms with van der Waals surface area (Å²) in [6.45, 7) is 3.69. The third-order valence-corrected chi connectivity index (χ3v) is 6.29. The number of hydrogen-bond donors (Lipinski definition) is 1. The van der Waals surface area contributed by atoms with Crippen molar-refractivity contribution in [2.45, 2.75) is 31.6 Å². The van der Waals surface area contributed by atoms with Crippen LogP contribution < -0.4 is 10.1 Å². The number of anilines is 1. The molecule has 0 spiro atoms. The second kappa shape index (κ2) is 8.54. The van der Waals surface area contributed by atoms with E-state index in [0.717, 1.165) is 26.7 Å². The molecule has 27 heavy (non-hydrogen) atoms. The molecule has 2 aromatic carbocycles. The molecule has 0 saturated carbocycles. The molecule has 0 aliphatic heterocycles. The minimum Gasteiger partial charge on any atom is -0.497 e. The van der Waals surface area contributed by atoms with Gasteiger partial charge in [-0.05, 0) is 61.2 Å². The van der Waals surface area contributed by atoms with Crippen LogP contribution in [-0.2, 0) is 21.2 Å². The number of carbonyl (C=O) groups excluding carboxylic acids is 1. The lowest BCUT2D eigenvalue weighted by Crippen LogP contribution is -2.23. The second-order valence-corrected chi connectivity index (χ2v) is 8.75. The summed E-state index contributed by atoms with van der Waals surface area (Å²) < 4.78 is 31.1. The van der Waals surface area contributed by atoms with Crippen LogP contribution >= 0.6 is 0 Å². The molecule has 2 rings (SSSR count). The Kier molecular flexibility index (Phi) is 6.62. The van der Waals surface area contributed by atoms with Crippen molar-refractivity contribution in [2.75, 3.05) is 26.5 Å². The number of rotatable bonds is 7. The molecular weight excluding hydrogens is 364 g/mol. The fourth-order valence-corrected chi connectivity index (χ4v) is 3.59. The standard InChI is InChI=1S/C20H26N2O4S/c1-14-12-18(27(24,25)22(3)4)13-19(15(14)2)21-20(23)11-8-16-6-9-17(26-5)10-7-16/h6-7,9-10,12-13H,8,11H2,1-5H3,(H,21,23). The van der Waals surface area contributed by atoms with E-state index in [1.54, 1.807) is 13.2 Å². The van der Waals surface area contributed by atoms with Crippen LogP contribution in [0.25, 0.3) is 0 Å². The van der Waals surface area contributed by atoms with Crippen LogP contribution in [-0.4, -0.2) is 39.8 Å². The second-order valence-electron chi connectivity index (χ2n) is 6.60. The van der Waals surface area contributed by atoms with E-state index < -0.39 is 10.0 Å². The van der Waals surface area contributed by atoms with Gasteiger partial charge in [-0.15, -0.1) is 0 Å². The van der Waals surface area contributed by atoms with Crippen molar-refractivity contribution in [3.8, 4) is 5.75 Å². The Balaban J connectivity index is 2.13. The van der Waals surface area contributed by atoms with E-state index in [2.05, 4.69) is 5.32 Å². The van der Waals surface area contributed by atoms with Crippen LogP contribution in [0.1, 0.15) is 23.1 Å². The van der Waals surface area contributed by atoms with Gasteiger partial charge >= 0.3 is 0 Å². The Labute approximate surface area is 161 Å². The average Bonchev–Trinajstić information content (AvgIpc) is 2.63. The molecule has 0 fully saturated rings. The topological polar surface area (TPSA) is 75.7 Å². The lowest BCUT2D eigenvalue weighted by molar-refractivity contribution is -0.116. The van der Waals surface area contributed by atoms with Gasteiger partial charge in [-0.3, -0.25) is 4.79 Å². The van der Waals surface area contributed by atoms with Gasteiger partial charge in [0.15, 0.2) is 0 Å². The van der Waals surface area contributed by atoms with Crippen LogP contribution in [0.5, 0.6) is 5.75 Å². The van der Waals surface area contributed by atoms with Gasteiger partial charge in [0.05, 0.1) is 12.0 Å². The van der Waals surface area contributed by atoms with Gasteiger partial charge in [0.1, 0.15) is 5.75 Å². The Morgan fingerprint density at radius 1 is 1.11 bits per heavy atom. The molecule has 7 heteroatoms. The molecule has 0 radical (unpaired) electrons. The molecule has 6 nitrogen and oxygen atoms in total. The molecule has 0 unspecified atom stereocenters. The number of sulfonamides is 1. The predicted octanol–water partition coefficient (Wildman–Crippen LogP) is 3.13. The van der Waals surface area contributed by atoms with Crippen LogP contribution in [0.3, 0.4) is 0 Å². The minimum absolute atomic E-state index is 0.160. The van der Waals surface area contributed by atoms with Crippen molar-refractivity contribution in [3.05, 3.63) is 53.1 Å². The van der Waals surface area contributed by atoms with Gasteiger partial charge in [0, 0.05) is 26.2 Å². The smallest absolute Gasteiger partial charge is 0.242 e. The number of ether oxygens (including phenoxy) is 1. The largest absolute Gasteiger partial charge is 0.497 e. The van der Waals surface area contributed by atoms with Gasteiger partial charge in [0.2, 0.25) is 15.9 Å². The van der Waals surface area contributed by atoms with E-state index in [0.29, 0.717) is 18.5 Å². The molecular formula is C20H26N2O4S. The molecule has 1 N–H and O–H groups in total. The maximum absolute atomic E-state index is 12.4. The average molecular weight is 391 g/mol. The summed E-state index contributed by atoms with van der Waals surface area (Å²) in [6, 6.07) is 10.7. The molecule has 0 aromatic heterocycles. The number of aryl methyl sites for hydroxylation is 2. The first-order valence-electron chi connectivity index (χ1n) is 8.61. The number of amides is 1. The van der Waals surface area contributed by atoms with Crippen LogP contribution in [0.4, 0.5) is 5.69 Å². The molecule has 0 atom stereocenters. The third-order valence-electron chi connectivity index (χ3n) is 4.49. The Morgan fingerprint density at radius 2 is 1.74 bits per heavy atom. The van der Waals surface area contributed by atoms with E-state index in [4.69, 9.17) is 4.74 Å². The quantitative estimate of drug-likeness (QED) is 0.788. The highest BCUT2D eigenvalue weighted by Crippen LogP contribution is 2.25. The fraction of sp³-hybridized carbons (Fsp3) is 0.350. The van der Waals surface area contributed by atoms with E-state index in [-0.39, 0.29) is 10.8 Å². The zero-order valence-electron chi connectivity index (χ0n) is 16.4. The third kappa shape index (κ3) is 5.08. The van der Waals surface area contributed by atoms with Crippen molar-refractivity contribution >= 4 is 21.6 Å². The maximum Gasteiger partial charge on any atom is 0.242 e. The summed E-state index contributed by atoms with van der Waals surface area (Å²) >= 11 is 0. The van der Waals surface area contributed by atoms with Gasteiger partial charge < -0.3 is 10.1 Å². The molecule has 2 aromatic rings. The van der Waals surface area contributed by atoms with Crippen molar-refractivity contribution in [1.29, 1.82) is 0 Å². The summed E-state index contributed by atoms with van der Waals surface area (Å²) in [5, 5.41) is 2.85. The van der Waals surface area contributed by atoms with Gasteiger partial charge in [-0.25, -0.2) is 12.7 Å². The molecule has 146 valence electrons. The first-order valence-corrected chi connectivity index (χ1v) is 10.1.